The number of amides is 1. The fraction of sp³-hybridized carbons (Fsp3) is 0.429. The average molecular weight is 325 g/mol. The minimum Gasteiger partial charge on any atom is -0.338 e. The molecule has 0 radical (unpaired) electrons. The Morgan fingerprint density at radius 2 is 2.09 bits per heavy atom. The molecule has 122 valence electrons. The number of piperidine rings is 1. The van der Waals surface area contributed by atoms with Crippen molar-refractivity contribution in [1.29, 1.82) is 0 Å². The lowest BCUT2D eigenvalue weighted by molar-refractivity contribution is -0.141. The molecular formula is C14H14F3N5O. The third-order valence-electron chi connectivity index (χ3n) is 3.78. The van der Waals surface area contributed by atoms with Gasteiger partial charge in [0.25, 0.3) is 5.91 Å². The maximum absolute atomic E-state index is 12.6. The van der Waals surface area contributed by atoms with E-state index < -0.39 is 11.9 Å². The molecule has 1 aliphatic rings. The topological polar surface area (TPSA) is 74.8 Å². The summed E-state index contributed by atoms with van der Waals surface area (Å²) in [7, 11) is 0. The fourth-order valence-corrected chi connectivity index (χ4v) is 2.64. The van der Waals surface area contributed by atoms with E-state index in [9.17, 15) is 18.0 Å². The van der Waals surface area contributed by atoms with E-state index in [0.29, 0.717) is 25.9 Å². The van der Waals surface area contributed by atoms with Crippen LogP contribution in [0.2, 0.25) is 0 Å². The number of halogens is 3. The summed E-state index contributed by atoms with van der Waals surface area (Å²) in [6, 6.07) is 0. The molecule has 0 bridgehead atoms. The summed E-state index contributed by atoms with van der Waals surface area (Å²) in [5.41, 5.74) is -0.645. The van der Waals surface area contributed by atoms with Crippen molar-refractivity contribution >= 4 is 5.91 Å². The maximum Gasteiger partial charge on any atom is 0.432 e. The lowest BCUT2D eigenvalue weighted by atomic mass is 9.97. The number of aromatic nitrogens is 4. The summed E-state index contributed by atoms with van der Waals surface area (Å²) in [5.74, 6) is -0.264. The zero-order valence-electron chi connectivity index (χ0n) is 12.0. The number of rotatable bonds is 2. The first kappa shape index (κ1) is 15.4. The summed E-state index contributed by atoms with van der Waals surface area (Å²) in [5, 5.41) is 0. The lowest BCUT2D eigenvalue weighted by Gasteiger charge is -2.31. The van der Waals surface area contributed by atoms with Crippen molar-refractivity contribution in [2.24, 2.45) is 0 Å². The van der Waals surface area contributed by atoms with Crippen LogP contribution in [0.3, 0.4) is 0 Å². The van der Waals surface area contributed by atoms with E-state index in [2.05, 4.69) is 19.9 Å². The van der Waals surface area contributed by atoms with Gasteiger partial charge in [0.15, 0.2) is 0 Å². The highest BCUT2D eigenvalue weighted by Gasteiger charge is 2.35. The predicted octanol–water partition coefficient (Wildman–Crippen LogP) is 2.24. The van der Waals surface area contributed by atoms with E-state index in [1.165, 1.54) is 18.6 Å². The van der Waals surface area contributed by atoms with Crippen LogP contribution < -0.4 is 0 Å². The van der Waals surface area contributed by atoms with Gasteiger partial charge in [-0.2, -0.15) is 13.2 Å². The van der Waals surface area contributed by atoms with Crippen molar-refractivity contribution in [2.75, 3.05) is 13.1 Å². The fourth-order valence-electron chi connectivity index (χ4n) is 2.64. The van der Waals surface area contributed by atoms with Crippen LogP contribution in [0.25, 0.3) is 0 Å². The van der Waals surface area contributed by atoms with Gasteiger partial charge in [0.2, 0.25) is 0 Å². The van der Waals surface area contributed by atoms with Gasteiger partial charge in [-0.25, -0.2) is 9.97 Å². The number of likely N-dealkylation sites (tertiary alicyclic amines) is 1. The van der Waals surface area contributed by atoms with Crippen LogP contribution in [0.1, 0.15) is 40.8 Å². The van der Waals surface area contributed by atoms with Crippen LogP contribution in [0.5, 0.6) is 0 Å². The number of hydrogen-bond donors (Lipinski definition) is 1. The van der Waals surface area contributed by atoms with Crippen molar-refractivity contribution in [3.63, 3.8) is 0 Å². The first-order chi connectivity index (χ1) is 10.9. The minimum atomic E-state index is -4.45. The summed E-state index contributed by atoms with van der Waals surface area (Å²) < 4.78 is 37.9. The molecule has 6 nitrogen and oxygen atoms in total. The first-order valence-electron chi connectivity index (χ1n) is 7.12. The molecule has 0 spiro atoms. The normalized spacial score (nSPS) is 18.9. The second-order valence-corrected chi connectivity index (χ2v) is 5.36. The predicted molar refractivity (Wildman–Crippen MR) is 73.5 cm³/mol. The van der Waals surface area contributed by atoms with E-state index in [-0.39, 0.29) is 23.3 Å². The smallest absolute Gasteiger partial charge is 0.338 e. The highest BCUT2D eigenvalue weighted by molar-refractivity contribution is 5.92. The number of nitrogens with one attached hydrogen (secondary N) is 1. The maximum atomic E-state index is 12.6. The Morgan fingerprint density at radius 1 is 1.26 bits per heavy atom. The standard InChI is InChI=1S/C14H14F3N5O/c15-14(16,17)11-7-20-12(21-11)9-2-1-5-22(8-9)13(23)10-6-18-3-4-19-10/h3-4,6-7,9H,1-2,5,8H2,(H,20,21). The van der Waals surface area contributed by atoms with Crippen molar-refractivity contribution < 1.29 is 18.0 Å². The van der Waals surface area contributed by atoms with Gasteiger partial charge < -0.3 is 9.88 Å². The lowest BCUT2D eigenvalue weighted by Crippen LogP contribution is -2.39. The molecule has 3 heterocycles. The van der Waals surface area contributed by atoms with Crippen molar-refractivity contribution in [3.8, 4) is 0 Å². The van der Waals surface area contributed by atoms with Crippen molar-refractivity contribution in [1.82, 2.24) is 24.8 Å². The summed E-state index contributed by atoms with van der Waals surface area (Å²) >= 11 is 0. The Bertz CT molecular complexity index is 685. The molecule has 3 rings (SSSR count). The molecule has 1 aliphatic heterocycles. The van der Waals surface area contributed by atoms with E-state index in [0.717, 1.165) is 6.20 Å². The van der Waals surface area contributed by atoms with Crippen LogP contribution in [-0.4, -0.2) is 43.8 Å². The zero-order valence-corrected chi connectivity index (χ0v) is 12.0. The Labute approximate surface area is 129 Å². The van der Waals surface area contributed by atoms with E-state index in [4.69, 9.17) is 0 Å². The monoisotopic (exact) mass is 325 g/mol. The molecule has 1 unspecified atom stereocenters. The number of aromatic amines is 1. The van der Waals surface area contributed by atoms with Gasteiger partial charge >= 0.3 is 6.18 Å². The third kappa shape index (κ3) is 3.33. The molecular weight excluding hydrogens is 311 g/mol. The average Bonchev–Trinajstić information content (AvgIpc) is 3.05. The van der Waals surface area contributed by atoms with Gasteiger partial charge in [0, 0.05) is 31.4 Å². The Hall–Kier alpha value is -2.45. The Balaban J connectivity index is 1.73. The number of H-pyrrole nitrogens is 1. The van der Waals surface area contributed by atoms with Crippen LogP contribution in [0.4, 0.5) is 13.2 Å². The van der Waals surface area contributed by atoms with Gasteiger partial charge in [-0.3, -0.25) is 9.78 Å². The second kappa shape index (κ2) is 5.98. The second-order valence-electron chi connectivity index (χ2n) is 5.36. The highest BCUT2D eigenvalue weighted by Crippen LogP contribution is 2.31. The SMILES string of the molecule is O=C(c1cnccn1)N1CCCC(c2ncc(C(F)(F)F)[nH]2)C1. The summed E-state index contributed by atoms with van der Waals surface area (Å²) in [4.78, 5) is 27.9. The molecule has 0 aromatic carbocycles. The number of alkyl halides is 3. The third-order valence-corrected chi connectivity index (χ3v) is 3.78. The number of hydrogen-bond acceptors (Lipinski definition) is 4. The molecule has 0 saturated carbocycles. The van der Waals surface area contributed by atoms with Gasteiger partial charge in [0.05, 0.1) is 12.4 Å². The first-order valence-corrected chi connectivity index (χ1v) is 7.12. The molecule has 0 aliphatic carbocycles. The summed E-state index contributed by atoms with van der Waals surface area (Å²) in [6.45, 7) is 0.846. The minimum absolute atomic E-state index is 0.226. The highest BCUT2D eigenvalue weighted by atomic mass is 19.4. The molecule has 1 amide bonds. The molecule has 1 atom stereocenters. The molecule has 1 fully saturated rings. The van der Waals surface area contributed by atoms with Crippen molar-refractivity contribution in [2.45, 2.75) is 24.9 Å². The van der Waals surface area contributed by atoms with E-state index in [1.54, 1.807) is 4.90 Å². The molecule has 9 heteroatoms. The Morgan fingerprint density at radius 3 is 2.74 bits per heavy atom. The number of carbonyl (C=O) groups is 1. The number of imidazole rings is 1. The van der Waals surface area contributed by atoms with Crippen molar-refractivity contribution in [3.05, 3.63) is 42.0 Å². The van der Waals surface area contributed by atoms with Gasteiger partial charge in [0.1, 0.15) is 17.2 Å². The van der Waals surface area contributed by atoms with E-state index >= 15 is 0 Å². The quantitative estimate of drug-likeness (QED) is 0.919. The molecule has 1 saturated heterocycles. The number of nitrogens with zero attached hydrogens (tertiary/aromatic N) is 4. The van der Waals surface area contributed by atoms with Gasteiger partial charge in [-0.05, 0) is 12.8 Å². The van der Waals surface area contributed by atoms with Crippen LogP contribution in [-0.2, 0) is 6.18 Å². The number of carbonyl (C=O) groups excluding carboxylic acids is 1. The van der Waals surface area contributed by atoms with E-state index in [1.807, 2.05) is 0 Å². The van der Waals surface area contributed by atoms with Crippen LogP contribution in [0.15, 0.2) is 24.8 Å². The largest absolute Gasteiger partial charge is 0.432 e. The van der Waals surface area contributed by atoms with Crippen LogP contribution >= 0.6 is 0 Å². The van der Waals surface area contributed by atoms with Gasteiger partial charge in [-0.15, -0.1) is 0 Å². The molecule has 23 heavy (non-hydrogen) atoms. The zero-order chi connectivity index (χ0) is 16.4. The van der Waals surface area contributed by atoms with Gasteiger partial charge in [-0.1, -0.05) is 0 Å². The Kier molecular flexibility index (Phi) is 4.01. The van der Waals surface area contributed by atoms with Crippen LogP contribution in [0, 0.1) is 0 Å². The summed E-state index contributed by atoms with van der Waals surface area (Å²) in [6.07, 6.45) is 1.98. The molecule has 2 aromatic heterocycles. The molecule has 1 N–H and O–H groups in total. The molecule has 2 aromatic rings.